The minimum absolute atomic E-state index is 0.289. The summed E-state index contributed by atoms with van der Waals surface area (Å²) in [5.74, 6) is 1.77. The molecule has 3 aromatic rings. The van der Waals surface area contributed by atoms with Gasteiger partial charge in [0.15, 0.2) is 5.16 Å². The van der Waals surface area contributed by atoms with Gasteiger partial charge in [0.05, 0.1) is 15.5 Å². The van der Waals surface area contributed by atoms with Crippen LogP contribution in [0.15, 0.2) is 29.4 Å². The van der Waals surface area contributed by atoms with Crippen LogP contribution in [0, 0.1) is 0 Å². The Labute approximate surface area is 131 Å². The lowest BCUT2D eigenvalue weighted by Gasteiger charge is -2.07. The lowest BCUT2D eigenvalue weighted by molar-refractivity contribution is 0.735. The maximum absolute atomic E-state index is 4.73. The summed E-state index contributed by atoms with van der Waals surface area (Å²) in [4.78, 5) is 4.73. The second-order valence-electron chi connectivity index (χ2n) is 5.45. The van der Waals surface area contributed by atoms with Crippen LogP contribution in [-0.4, -0.2) is 19.7 Å². The molecule has 0 N–H and O–H groups in total. The van der Waals surface area contributed by atoms with Crippen molar-refractivity contribution in [2.75, 3.05) is 0 Å². The number of para-hydroxylation sites is 1. The summed E-state index contributed by atoms with van der Waals surface area (Å²) < 4.78 is 3.39. The van der Waals surface area contributed by atoms with Gasteiger partial charge in [0.25, 0.3) is 0 Å². The Hall–Kier alpha value is -1.40. The Morgan fingerprint density at radius 3 is 2.86 bits per heavy atom. The summed E-state index contributed by atoms with van der Waals surface area (Å²) >= 11 is 3.51. The number of fused-ring (bicyclic) bond motifs is 1. The fourth-order valence-corrected chi connectivity index (χ4v) is 4.40. The molecule has 0 aliphatic heterocycles. The van der Waals surface area contributed by atoms with Gasteiger partial charge in [-0.05, 0) is 31.9 Å². The first-order valence-corrected chi connectivity index (χ1v) is 8.83. The molecule has 1 aliphatic rings. The smallest absolute Gasteiger partial charge is 0.191 e. The van der Waals surface area contributed by atoms with Gasteiger partial charge in [-0.25, -0.2) is 4.98 Å². The highest BCUT2D eigenvalue weighted by Gasteiger charge is 2.29. The zero-order chi connectivity index (χ0) is 14.4. The van der Waals surface area contributed by atoms with Gasteiger partial charge in [-0.1, -0.05) is 23.9 Å². The molecule has 108 valence electrons. The van der Waals surface area contributed by atoms with Crippen LogP contribution in [0.2, 0.25) is 0 Å². The number of rotatable bonds is 4. The average molecular weight is 316 g/mol. The van der Waals surface area contributed by atoms with Crippen LogP contribution in [0.4, 0.5) is 0 Å². The molecule has 4 nitrogen and oxygen atoms in total. The molecule has 1 atom stereocenters. The van der Waals surface area contributed by atoms with Crippen molar-refractivity contribution in [3.8, 4) is 0 Å². The molecule has 1 unspecified atom stereocenters. The van der Waals surface area contributed by atoms with Crippen molar-refractivity contribution in [3.05, 3.63) is 35.1 Å². The fraction of sp³-hybridized carbons (Fsp3) is 0.400. The molecule has 1 aromatic carbocycles. The number of hydrogen-bond acceptors (Lipinski definition) is 5. The van der Waals surface area contributed by atoms with Crippen molar-refractivity contribution in [2.45, 2.75) is 36.1 Å². The highest BCUT2D eigenvalue weighted by molar-refractivity contribution is 7.99. The third-order valence-electron chi connectivity index (χ3n) is 3.75. The minimum atomic E-state index is 0.289. The predicted molar refractivity (Wildman–Crippen MR) is 86.9 cm³/mol. The van der Waals surface area contributed by atoms with Crippen LogP contribution < -0.4 is 0 Å². The highest BCUT2D eigenvalue weighted by Crippen LogP contribution is 2.42. The third kappa shape index (κ3) is 2.46. The molecule has 0 radical (unpaired) electrons. The van der Waals surface area contributed by atoms with Gasteiger partial charge in [0.1, 0.15) is 10.8 Å². The average Bonchev–Trinajstić information content (AvgIpc) is 3.13. The molecule has 6 heteroatoms. The Bertz CT molecular complexity index is 755. The zero-order valence-electron chi connectivity index (χ0n) is 12.0. The molecular formula is C15H16N4S2. The molecule has 1 saturated carbocycles. The first kappa shape index (κ1) is 13.3. The van der Waals surface area contributed by atoms with E-state index in [1.54, 1.807) is 23.1 Å². The number of hydrogen-bond donors (Lipinski definition) is 0. The van der Waals surface area contributed by atoms with E-state index in [1.165, 1.54) is 17.5 Å². The lowest BCUT2D eigenvalue weighted by atomic mass is 10.3. The summed E-state index contributed by atoms with van der Waals surface area (Å²) in [5, 5.41) is 11.1. The Morgan fingerprint density at radius 2 is 2.10 bits per heavy atom. The van der Waals surface area contributed by atoms with E-state index in [9.17, 15) is 0 Å². The maximum Gasteiger partial charge on any atom is 0.191 e. The summed E-state index contributed by atoms with van der Waals surface area (Å²) in [6.45, 7) is 2.19. The van der Waals surface area contributed by atoms with Crippen molar-refractivity contribution in [2.24, 2.45) is 7.05 Å². The van der Waals surface area contributed by atoms with E-state index in [1.807, 2.05) is 6.07 Å². The van der Waals surface area contributed by atoms with Crippen LogP contribution in [0.25, 0.3) is 10.2 Å². The van der Waals surface area contributed by atoms with E-state index < -0.39 is 0 Å². The first-order valence-electron chi connectivity index (χ1n) is 7.14. The van der Waals surface area contributed by atoms with Crippen molar-refractivity contribution >= 4 is 33.3 Å². The topological polar surface area (TPSA) is 43.6 Å². The minimum Gasteiger partial charge on any atom is -0.309 e. The standard InChI is InChI=1S/C15H16N4S2/c1-9(14-16-11-5-3-4-6-12(11)21-14)20-15-18-17-13(19(15)2)10-7-8-10/h3-6,9-10H,7-8H2,1-2H3. The number of thiazole rings is 1. The molecule has 0 saturated heterocycles. The molecule has 0 amide bonds. The molecule has 2 heterocycles. The normalized spacial score (nSPS) is 16.5. The summed E-state index contributed by atoms with van der Waals surface area (Å²) in [7, 11) is 2.07. The van der Waals surface area contributed by atoms with Crippen LogP contribution in [0.5, 0.6) is 0 Å². The van der Waals surface area contributed by atoms with Gasteiger partial charge >= 0.3 is 0 Å². The number of benzene rings is 1. The summed E-state index contributed by atoms with van der Waals surface area (Å²) in [5.41, 5.74) is 1.08. The number of aromatic nitrogens is 4. The maximum atomic E-state index is 4.73. The van der Waals surface area contributed by atoms with Gasteiger partial charge < -0.3 is 4.57 Å². The first-order chi connectivity index (χ1) is 10.2. The van der Waals surface area contributed by atoms with Gasteiger partial charge in [0.2, 0.25) is 0 Å². The summed E-state index contributed by atoms with van der Waals surface area (Å²) in [6.07, 6.45) is 2.51. The van der Waals surface area contributed by atoms with E-state index in [-0.39, 0.29) is 5.25 Å². The SMILES string of the molecule is CC(Sc1nnc(C2CC2)n1C)c1nc2ccccc2s1. The lowest BCUT2D eigenvalue weighted by Crippen LogP contribution is -1.98. The summed E-state index contributed by atoms with van der Waals surface area (Å²) in [6, 6.07) is 8.29. The van der Waals surface area contributed by atoms with E-state index in [4.69, 9.17) is 4.98 Å². The molecule has 0 bridgehead atoms. The van der Waals surface area contributed by atoms with Crippen LogP contribution in [0.3, 0.4) is 0 Å². The quantitative estimate of drug-likeness (QED) is 0.678. The van der Waals surface area contributed by atoms with Crippen molar-refractivity contribution in [1.82, 2.24) is 19.7 Å². The van der Waals surface area contributed by atoms with E-state index in [0.717, 1.165) is 21.5 Å². The van der Waals surface area contributed by atoms with E-state index >= 15 is 0 Å². The largest absolute Gasteiger partial charge is 0.309 e. The second kappa shape index (κ2) is 5.10. The monoisotopic (exact) mass is 316 g/mol. The van der Waals surface area contributed by atoms with Gasteiger partial charge in [-0.2, -0.15) is 0 Å². The van der Waals surface area contributed by atoms with Crippen LogP contribution >= 0.6 is 23.1 Å². The molecule has 1 aliphatic carbocycles. The fourth-order valence-electron chi connectivity index (χ4n) is 2.40. The third-order valence-corrected chi connectivity index (χ3v) is 6.26. The van der Waals surface area contributed by atoms with E-state index in [0.29, 0.717) is 5.92 Å². The molecular weight excluding hydrogens is 300 g/mol. The van der Waals surface area contributed by atoms with E-state index in [2.05, 4.69) is 46.9 Å². The second-order valence-corrected chi connectivity index (χ2v) is 7.82. The highest BCUT2D eigenvalue weighted by atomic mass is 32.2. The predicted octanol–water partition coefficient (Wildman–Crippen LogP) is 4.16. The van der Waals surface area contributed by atoms with Gasteiger partial charge in [-0.3, -0.25) is 0 Å². The molecule has 21 heavy (non-hydrogen) atoms. The van der Waals surface area contributed by atoms with Crippen LogP contribution in [0.1, 0.15) is 41.8 Å². The molecule has 4 rings (SSSR count). The molecule has 1 fully saturated rings. The zero-order valence-corrected chi connectivity index (χ0v) is 13.6. The van der Waals surface area contributed by atoms with Crippen molar-refractivity contribution < 1.29 is 0 Å². The van der Waals surface area contributed by atoms with Crippen LogP contribution in [-0.2, 0) is 7.05 Å². The van der Waals surface area contributed by atoms with Crippen molar-refractivity contribution in [1.29, 1.82) is 0 Å². The Morgan fingerprint density at radius 1 is 1.29 bits per heavy atom. The van der Waals surface area contributed by atoms with Gasteiger partial charge in [-0.15, -0.1) is 21.5 Å². The Balaban J connectivity index is 1.58. The molecule has 2 aromatic heterocycles. The number of thioether (sulfide) groups is 1. The van der Waals surface area contributed by atoms with Crippen molar-refractivity contribution in [3.63, 3.8) is 0 Å². The molecule has 0 spiro atoms. The Kier molecular flexibility index (Phi) is 3.23. The number of nitrogens with zero attached hydrogens (tertiary/aromatic N) is 4. The van der Waals surface area contributed by atoms with Gasteiger partial charge in [0, 0.05) is 13.0 Å².